The molecule has 0 unspecified atom stereocenters. The van der Waals surface area contributed by atoms with Crippen molar-refractivity contribution in [2.24, 2.45) is 0 Å². The minimum Gasteiger partial charge on any atom is -0.378 e. The molecule has 1 aromatic rings. The van der Waals surface area contributed by atoms with Crippen LogP contribution in [0.15, 0.2) is 30.3 Å². The maximum absolute atomic E-state index is 5.78. The van der Waals surface area contributed by atoms with Gasteiger partial charge < -0.3 is 9.47 Å². The van der Waals surface area contributed by atoms with E-state index in [4.69, 9.17) is 9.47 Å². The van der Waals surface area contributed by atoms with E-state index in [1.54, 1.807) is 7.11 Å². The first-order valence-electron chi connectivity index (χ1n) is 5.42. The molecule has 0 atom stereocenters. The molecule has 1 aromatic carbocycles. The fourth-order valence-corrected chi connectivity index (χ4v) is 1.98. The van der Waals surface area contributed by atoms with Crippen molar-refractivity contribution in [3.63, 3.8) is 0 Å². The molecular formula is C13H18O2. The van der Waals surface area contributed by atoms with Gasteiger partial charge in [-0.3, -0.25) is 0 Å². The Balaban J connectivity index is 1.73. The van der Waals surface area contributed by atoms with Crippen LogP contribution in [0.2, 0.25) is 0 Å². The van der Waals surface area contributed by atoms with Crippen LogP contribution < -0.4 is 0 Å². The molecule has 0 heterocycles. The summed E-state index contributed by atoms with van der Waals surface area (Å²) in [6.07, 6.45) is 2.39. The van der Waals surface area contributed by atoms with Crippen molar-refractivity contribution in [1.29, 1.82) is 0 Å². The molecule has 1 fully saturated rings. The second-order valence-electron chi connectivity index (χ2n) is 4.48. The van der Waals surface area contributed by atoms with Crippen molar-refractivity contribution in [3.8, 4) is 0 Å². The molecular weight excluding hydrogens is 188 g/mol. The van der Waals surface area contributed by atoms with Crippen LogP contribution in [0.4, 0.5) is 0 Å². The first-order valence-corrected chi connectivity index (χ1v) is 5.42. The largest absolute Gasteiger partial charge is 0.378 e. The number of benzene rings is 1. The molecule has 82 valence electrons. The molecule has 0 bridgehead atoms. The molecule has 0 amide bonds. The van der Waals surface area contributed by atoms with Crippen molar-refractivity contribution in [1.82, 2.24) is 0 Å². The molecule has 0 saturated heterocycles. The molecule has 1 aliphatic rings. The van der Waals surface area contributed by atoms with Gasteiger partial charge in [0.15, 0.2) is 0 Å². The topological polar surface area (TPSA) is 18.5 Å². The molecule has 1 saturated carbocycles. The van der Waals surface area contributed by atoms with E-state index in [9.17, 15) is 0 Å². The Morgan fingerprint density at radius 3 is 2.53 bits per heavy atom. The SMILES string of the molecule is COC1(C)CC(OCc2ccccc2)C1. The lowest BCUT2D eigenvalue weighted by molar-refractivity contribution is -0.151. The summed E-state index contributed by atoms with van der Waals surface area (Å²) in [7, 11) is 1.77. The van der Waals surface area contributed by atoms with Gasteiger partial charge in [-0.05, 0) is 12.5 Å². The van der Waals surface area contributed by atoms with Crippen LogP contribution in [0, 0.1) is 0 Å². The molecule has 15 heavy (non-hydrogen) atoms. The quantitative estimate of drug-likeness (QED) is 0.754. The smallest absolute Gasteiger partial charge is 0.0720 e. The molecule has 2 rings (SSSR count). The maximum Gasteiger partial charge on any atom is 0.0720 e. The fraction of sp³-hybridized carbons (Fsp3) is 0.538. The summed E-state index contributed by atoms with van der Waals surface area (Å²) in [6, 6.07) is 10.3. The summed E-state index contributed by atoms with van der Waals surface area (Å²) < 4.78 is 11.2. The molecule has 0 aliphatic heterocycles. The standard InChI is InChI=1S/C13H18O2/c1-13(14-2)8-12(9-13)15-10-11-6-4-3-5-7-11/h3-7,12H,8-10H2,1-2H3. The summed E-state index contributed by atoms with van der Waals surface area (Å²) in [5, 5.41) is 0. The fourth-order valence-electron chi connectivity index (χ4n) is 1.98. The van der Waals surface area contributed by atoms with Crippen molar-refractivity contribution in [2.45, 2.75) is 38.1 Å². The lowest BCUT2D eigenvalue weighted by Gasteiger charge is -2.43. The molecule has 0 radical (unpaired) electrons. The normalized spacial score (nSPS) is 29.9. The Bertz CT molecular complexity index is 302. The highest BCUT2D eigenvalue weighted by Gasteiger charge is 2.41. The Labute approximate surface area is 91.2 Å². The molecule has 0 aromatic heterocycles. The highest BCUT2D eigenvalue weighted by atomic mass is 16.5. The zero-order valence-electron chi connectivity index (χ0n) is 9.40. The van der Waals surface area contributed by atoms with Crippen LogP contribution in [0.25, 0.3) is 0 Å². The summed E-state index contributed by atoms with van der Waals surface area (Å²) in [5.74, 6) is 0. The Kier molecular flexibility index (Phi) is 3.08. The van der Waals surface area contributed by atoms with Crippen molar-refractivity contribution >= 4 is 0 Å². The first kappa shape index (κ1) is 10.7. The van der Waals surface area contributed by atoms with E-state index in [0.717, 1.165) is 12.8 Å². The first-order chi connectivity index (χ1) is 7.22. The maximum atomic E-state index is 5.78. The van der Waals surface area contributed by atoms with Gasteiger partial charge in [0.25, 0.3) is 0 Å². The summed E-state index contributed by atoms with van der Waals surface area (Å²) in [4.78, 5) is 0. The van der Waals surface area contributed by atoms with E-state index in [-0.39, 0.29) is 5.60 Å². The van der Waals surface area contributed by atoms with Gasteiger partial charge in [0.05, 0.1) is 18.3 Å². The highest BCUT2D eigenvalue weighted by Crippen LogP contribution is 2.37. The lowest BCUT2D eigenvalue weighted by Crippen LogP contribution is -2.47. The monoisotopic (exact) mass is 206 g/mol. The second-order valence-corrected chi connectivity index (χ2v) is 4.48. The minimum atomic E-state index is 0.0569. The van der Waals surface area contributed by atoms with Gasteiger partial charge in [0.1, 0.15) is 0 Å². The number of hydrogen-bond donors (Lipinski definition) is 0. The zero-order valence-corrected chi connectivity index (χ0v) is 9.40. The van der Waals surface area contributed by atoms with Gasteiger partial charge in [-0.15, -0.1) is 0 Å². The van der Waals surface area contributed by atoms with Crippen LogP contribution in [-0.4, -0.2) is 18.8 Å². The van der Waals surface area contributed by atoms with Crippen LogP contribution in [0.5, 0.6) is 0 Å². The third-order valence-electron chi connectivity index (χ3n) is 3.14. The predicted octanol–water partition coefficient (Wildman–Crippen LogP) is 2.77. The van der Waals surface area contributed by atoms with Gasteiger partial charge in [0.2, 0.25) is 0 Å². The molecule has 1 aliphatic carbocycles. The molecule has 0 spiro atoms. The van der Waals surface area contributed by atoms with E-state index < -0.39 is 0 Å². The lowest BCUT2D eigenvalue weighted by atomic mass is 9.79. The van der Waals surface area contributed by atoms with Crippen molar-refractivity contribution in [2.75, 3.05) is 7.11 Å². The van der Waals surface area contributed by atoms with E-state index in [1.807, 2.05) is 18.2 Å². The van der Waals surface area contributed by atoms with E-state index in [1.165, 1.54) is 5.56 Å². The highest BCUT2D eigenvalue weighted by molar-refractivity contribution is 5.13. The third-order valence-corrected chi connectivity index (χ3v) is 3.14. The van der Waals surface area contributed by atoms with Gasteiger partial charge in [0, 0.05) is 20.0 Å². The van der Waals surface area contributed by atoms with Crippen molar-refractivity contribution in [3.05, 3.63) is 35.9 Å². The minimum absolute atomic E-state index is 0.0569. The molecule has 2 heteroatoms. The predicted molar refractivity (Wildman–Crippen MR) is 59.7 cm³/mol. The molecule has 2 nitrogen and oxygen atoms in total. The van der Waals surface area contributed by atoms with Crippen molar-refractivity contribution < 1.29 is 9.47 Å². The average molecular weight is 206 g/mol. The average Bonchev–Trinajstić information content (AvgIpc) is 2.24. The number of ether oxygens (including phenoxy) is 2. The van der Waals surface area contributed by atoms with E-state index in [0.29, 0.717) is 12.7 Å². The number of hydrogen-bond acceptors (Lipinski definition) is 2. The van der Waals surface area contributed by atoms with Crippen LogP contribution in [0.1, 0.15) is 25.3 Å². The second kappa shape index (κ2) is 4.33. The van der Waals surface area contributed by atoms with E-state index >= 15 is 0 Å². The van der Waals surface area contributed by atoms with Crippen LogP contribution in [0.3, 0.4) is 0 Å². The Morgan fingerprint density at radius 2 is 1.93 bits per heavy atom. The third kappa shape index (κ3) is 2.58. The Morgan fingerprint density at radius 1 is 1.27 bits per heavy atom. The van der Waals surface area contributed by atoms with Crippen LogP contribution in [-0.2, 0) is 16.1 Å². The van der Waals surface area contributed by atoms with E-state index in [2.05, 4.69) is 19.1 Å². The summed E-state index contributed by atoms with van der Waals surface area (Å²) in [5.41, 5.74) is 1.30. The number of methoxy groups -OCH3 is 1. The van der Waals surface area contributed by atoms with Gasteiger partial charge in [-0.25, -0.2) is 0 Å². The summed E-state index contributed by atoms with van der Waals surface area (Å²) in [6.45, 7) is 2.85. The van der Waals surface area contributed by atoms with Gasteiger partial charge in [-0.1, -0.05) is 30.3 Å². The Hall–Kier alpha value is -0.860. The summed E-state index contributed by atoms with van der Waals surface area (Å²) >= 11 is 0. The van der Waals surface area contributed by atoms with Crippen LogP contribution >= 0.6 is 0 Å². The molecule has 0 N–H and O–H groups in total. The van der Waals surface area contributed by atoms with Gasteiger partial charge >= 0.3 is 0 Å². The zero-order chi connectivity index (χ0) is 10.7. The number of rotatable bonds is 4. The van der Waals surface area contributed by atoms with Gasteiger partial charge in [-0.2, -0.15) is 0 Å².